The summed E-state index contributed by atoms with van der Waals surface area (Å²) in [5.41, 5.74) is 2.21. The summed E-state index contributed by atoms with van der Waals surface area (Å²) in [5, 5.41) is 10.1. The molecule has 0 spiro atoms. The van der Waals surface area contributed by atoms with E-state index in [0.29, 0.717) is 6.54 Å². The highest BCUT2D eigenvalue weighted by Crippen LogP contribution is 2.17. The second-order valence-electron chi connectivity index (χ2n) is 4.49. The van der Waals surface area contributed by atoms with Gasteiger partial charge in [0.2, 0.25) is 0 Å². The molecule has 0 aromatic heterocycles. The second kappa shape index (κ2) is 6.66. The van der Waals surface area contributed by atoms with Crippen molar-refractivity contribution in [3.63, 3.8) is 0 Å². The van der Waals surface area contributed by atoms with E-state index in [1.807, 2.05) is 31.2 Å². The monoisotopic (exact) mass is 221 g/mol. The highest BCUT2D eigenvalue weighted by atomic mass is 16.3. The van der Waals surface area contributed by atoms with Gasteiger partial charge < -0.3 is 10.0 Å². The van der Waals surface area contributed by atoms with Gasteiger partial charge in [-0.05, 0) is 38.1 Å². The number of benzene rings is 1. The standard InChI is InChI=1S/C14H23NO/c1-4-5-10-15(3)11-14(16)13-9-7-6-8-12(13)2/h6-9,14,16H,4-5,10-11H2,1-3H3. The summed E-state index contributed by atoms with van der Waals surface area (Å²) >= 11 is 0. The van der Waals surface area contributed by atoms with E-state index < -0.39 is 0 Å². The maximum absolute atomic E-state index is 10.1. The molecule has 1 rings (SSSR count). The molecule has 1 unspecified atom stereocenters. The van der Waals surface area contributed by atoms with Gasteiger partial charge in [0.1, 0.15) is 0 Å². The lowest BCUT2D eigenvalue weighted by molar-refractivity contribution is 0.125. The minimum absolute atomic E-state index is 0.372. The van der Waals surface area contributed by atoms with E-state index in [9.17, 15) is 5.11 Å². The Morgan fingerprint density at radius 1 is 1.31 bits per heavy atom. The van der Waals surface area contributed by atoms with Crippen LogP contribution >= 0.6 is 0 Å². The van der Waals surface area contributed by atoms with Crippen molar-refractivity contribution in [2.75, 3.05) is 20.1 Å². The maximum Gasteiger partial charge on any atom is 0.0919 e. The first-order chi connectivity index (χ1) is 7.65. The zero-order valence-electron chi connectivity index (χ0n) is 10.6. The summed E-state index contributed by atoms with van der Waals surface area (Å²) < 4.78 is 0. The van der Waals surface area contributed by atoms with Gasteiger partial charge in [-0.15, -0.1) is 0 Å². The van der Waals surface area contributed by atoms with Crippen molar-refractivity contribution in [1.29, 1.82) is 0 Å². The molecule has 2 nitrogen and oxygen atoms in total. The number of aliphatic hydroxyl groups is 1. The third kappa shape index (κ3) is 3.95. The number of likely N-dealkylation sites (N-methyl/N-ethyl adjacent to an activating group) is 1. The molecule has 0 bridgehead atoms. The van der Waals surface area contributed by atoms with Gasteiger partial charge in [-0.1, -0.05) is 37.6 Å². The molecule has 0 saturated carbocycles. The van der Waals surface area contributed by atoms with Gasteiger partial charge in [-0.2, -0.15) is 0 Å². The van der Waals surface area contributed by atoms with Crippen LogP contribution in [0.15, 0.2) is 24.3 Å². The zero-order valence-corrected chi connectivity index (χ0v) is 10.6. The quantitative estimate of drug-likeness (QED) is 0.798. The van der Waals surface area contributed by atoms with Crippen LogP contribution in [0.25, 0.3) is 0 Å². The largest absolute Gasteiger partial charge is 0.387 e. The van der Waals surface area contributed by atoms with E-state index in [2.05, 4.69) is 18.9 Å². The number of unbranched alkanes of at least 4 members (excludes halogenated alkanes) is 1. The van der Waals surface area contributed by atoms with Gasteiger partial charge in [0, 0.05) is 6.54 Å². The molecule has 0 fully saturated rings. The lowest BCUT2D eigenvalue weighted by Gasteiger charge is -2.21. The van der Waals surface area contributed by atoms with E-state index in [1.165, 1.54) is 18.4 Å². The molecule has 1 N–H and O–H groups in total. The topological polar surface area (TPSA) is 23.5 Å². The summed E-state index contributed by atoms with van der Waals surface area (Å²) in [6.45, 7) is 6.00. The van der Waals surface area contributed by atoms with Crippen LogP contribution in [0.3, 0.4) is 0 Å². The molecule has 1 aromatic rings. The van der Waals surface area contributed by atoms with Crippen LogP contribution in [0.1, 0.15) is 37.0 Å². The lowest BCUT2D eigenvalue weighted by atomic mass is 10.0. The predicted molar refractivity (Wildman–Crippen MR) is 68.5 cm³/mol. The Hall–Kier alpha value is -0.860. The van der Waals surface area contributed by atoms with Gasteiger partial charge in [0.25, 0.3) is 0 Å². The van der Waals surface area contributed by atoms with Crippen LogP contribution in [0.2, 0.25) is 0 Å². The van der Waals surface area contributed by atoms with Crippen LogP contribution in [-0.2, 0) is 0 Å². The van der Waals surface area contributed by atoms with E-state index in [0.717, 1.165) is 12.1 Å². The molecule has 0 amide bonds. The second-order valence-corrected chi connectivity index (χ2v) is 4.49. The molecule has 1 atom stereocenters. The molecule has 16 heavy (non-hydrogen) atoms. The maximum atomic E-state index is 10.1. The van der Waals surface area contributed by atoms with Crippen molar-refractivity contribution in [2.45, 2.75) is 32.8 Å². The minimum atomic E-state index is -0.372. The normalized spacial score (nSPS) is 13.1. The number of aliphatic hydroxyl groups excluding tert-OH is 1. The van der Waals surface area contributed by atoms with Crippen molar-refractivity contribution in [1.82, 2.24) is 4.90 Å². The fourth-order valence-electron chi connectivity index (χ4n) is 1.87. The molecule has 1 aromatic carbocycles. The first-order valence-electron chi connectivity index (χ1n) is 6.07. The van der Waals surface area contributed by atoms with Crippen LogP contribution in [0.4, 0.5) is 0 Å². The Morgan fingerprint density at radius 3 is 2.62 bits per heavy atom. The van der Waals surface area contributed by atoms with Crippen molar-refractivity contribution < 1.29 is 5.11 Å². The molecule has 0 radical (unpaired) electrons. The van der Waals surface area contributed by atoms with E-state index in [-0.39, 0.29) is 6.10 Å². The molecule has 0 aliphatic rings. The first-order valence-corrected chi connectivity index (χ1v) is 6.07. The number of rotatable bonds is 6. The predicted octanol–water partition coefficient (Wildman–Crippen LogP) is 2.76. The lowest BCUT2D eigenvalue weighted by Crippen LogP contribution is -2.25. The summed E-state index contributed by atoms with van der Waals surface area (Å²) in [5.74, 6) is 0. The smallest absolute Gasteiger partial charge is 0.0919 e. The molecular weight excluding hydrogens is 198 g/mol. The SMILES string of the molecule is CCCCN(C)CC(O)c1ccccc1C. The zero-order chi connectivity index (χ0) is 12.0. The van der Waals surface area contributed by atoms with Crippen molar-refractivity contribution >= 4 is 0 Å². The molecule has 0 aliphatic carbocycles. The van der Waals surface area contributed by atoms with Crippen LogP contribution in [0.5, 0.6) is 0 Å². The molecule has 2 heteroatoms. The Morgan fingerprint density at radius 2 is 2.00 bits per heavy atom. The minimum Gasteiger partial charge on any atom is -0.387 e. The van der Waals surface area contributed by atoms with Crippen molar-refractivity contribution in [3.8, 4) is 0 Å². The Bertz CT molecular complexity index is 311. The van der Waals surface area contributed by atoms with Gasteiger partial charge in [0.05, 0.1) is 6.10 Å². The van der Waals surface area contributed by atoms with E-state index in [1.54, 1.807) is 0 Å². The van der Waals surface area contributed by atoms with Gasteiger partial charge in [-0.3, -0.25) is 0 Å². The Kier molecular flexibility index (Phi) is 5.50. The molecule has 0 heterocycles. The van der Waals surface area contributed by atoms with Crippen molar-refractivity contribution in [2.24, 2.45) is 0 Å². The van der Waals surface area contributed by atoms with Crippen LogP contribution in [0, 0.1) is 6.92 Å². The molecule has 0 saturated heterocycles. The van der Waals surface area contributed by atoms with Crippen molar-refractivity contribution in [3.05, 3.63) is 35.4 Å². The summed E-state index contributed by atoms with van der Waals surface area (Å²) in [6.07, 6.45) is 2.02. The molecular formula is C14H23NO. The number of nitrogens with zero attached hydrogens (tertiary/aromatic N) is 1. The van der Waals surface area contributed by atoms with Crippen LogP contribution < -0.4 is 0 Å². The average molecular weight is 221 g/mol. The van der Waals surface area contributed by atoms with Gasteiger partial charge >= 0.3 is 0 Å². The summed E-state index contributed by atoms with van der Waals surface area (Å²) in [7, 11) is 2.07. The highest BCUT2D eigenvalue weighted by molar-refractivity contribution is 5.27. The third-order valence-electron chi connectivity index (χ3n) is 2.93. The number of hydrogen-bond donors (Lipinski definition) is 1. The van der Waals surface area contributed by atoms with Crippen LogP contribution in [-0.4, -0.2) is 30.1 Å². The molecule has 0 aliphatic heterocycles. The van der Waals surface area contributed by atoms with Gasteiger partial charge in [-0.25, -0.2) is 0 Å². The first kappa shape index (κ1) is 13.2. The Labute approximate surface area is 98.9 Å². The summed E-state index contributed by atoms with van der Waals surface area (Å²) in [4.78, 5) is 2.20. The number of aryl methyl sites for hydroxylation is 1. The van der Waals surface area contributed by atoms with E-state index >= 15 is 0 Å². The fraction of sp³-hybridized carbons (Fsp3) is 0.571. The van der Waals surface area contributed by atoms with E-state index in [4.69, 9.17) is 0 Å². The Balaban J connectivity index is 2.52. The highest BCUT2D eigenvalue weighted by Gasteiger charge is 2.11. The van der Waals surface area contributed by atoms with Gasteiger partial charge in [0.15, 0.2) is 0 Å². The number of hydrogen-bond acceptors (Lipinski definition) is 2. The molecule has 90 valence electrons. The average Bonchev–Trinajstić information content (AvgIpc) is 2.26. The third-order valence-corrected chi connectivity index (χ3v) is 2.93. The summed E-state index contributed by atoms with van der Waals surface area (Å²) in [6, 6.07) is 8.04. The fourth-order valence-corrected chi connectivity index (χ4v) is 1.87.